The van der Waals surface area contributed by atoms with E-state index in [1.807, 2.05) is 47.0 Å². The molecular weight excluding hydrogens is 430 g/mol. The van der Waals surface area contributed by atoms with Gasteiger partial charge in [0.25, 0.3) is 0 Å². The van der Waals surface area contributed by atoms with E-state index in [2.05, 4.69) is 44.3 Å². The number of rotatable bonds is 7. The quantitative estimate of drug-likeness (QED) is 0.385. The largest absolute Gasteiger partial charge is 0.481 e. The third-order valence-electron chi connectivity index (χ3n) is 5.45. The van der Waals surface area contributed by atoms with Crippen LogP contribution < -0.4 is 14.8 Å². The highest BCUT2D eigenvalue weighted by Gasteiger charge is 2.13. The summed E-state index contributed by atoms with van der Waals surface area (Å²) in [6.07, 6.45) is 3.49. The van der Waals surface area contributed by atoms with Crippen molar-refractivity contribution in [2.75, 3.05) is 19.5 Å². The summed E-state index contributed by atoms with van der Waals surface area (Å²) in [6.45, 7) is 2.08. The summed E-state index contributed by atoms with van der Waals surface area (Å²) in [5.41, 5.74) is 4.44. The van der Waals surface area contributed by atoms with Gasteiger partial charge in [0.2, 0.25) is 11.8 Å². The molecule has 34 heavy (non-hydrogen) atoms. The molecule has 0 saturated heterocycles. The van der Waals surface area contributed by atoms with Gasteiger partial charge < -0.3 is 14.8 Å². The standard InChI is InChI=1S/C25H23N7O2/c1-16(17-7-5-4-6-8-17)28-24-26-12-11-22(30-24)32-15-27-20-13-18(9-10-21(20)32)19-14-23(33-2)31-25(29-19)34-3/h4-16H,1-3H3,(H,26,28,30)/t16-/m0/s1. The minimum atomic E-state index is 0.0698. The molecule has 2 aromatic carbocycles. The van der Waals surface area contributed by atoms with Crippen molar-refractivity contribution >= 4 is 17.0 Å². The third-order valence-corrected chi connectivity index (χ3v) is 5.45. The number of nitrogens with one attached hydrogen (secondary N) is 1. The van der Waals surface area contributed by atoms with Gasteiger partial charge in [-0.15, -0.1) is 0 Å². The number of anilines is 1. The van der Waals surface area contributed by atoms with Crippen LogP contribution in [0.3, 0.4) is 0 Å². The molecule has 0 aliphatic heterocycles. The maximum absolute atomic E-state index is 5.26. The molecule has 9 heteroatoms. The first-order valence-electron chi connectivity index (χ1n) is 10.7. The first-order valence-corrected chi connectivity index (χ1v) is 10.7. The first-order chi connectivity index (χ1) is 16.6. The fourth-order valence-electron chi connectivity index (χ4n) is 3.67. The van der Waals surface area contributed by atoms with Crippen molar-refractivity contribution in [2.24, 2.45) is 0 Å². The molecule has 0 bridgehead atoms. The molecule has 3 heterocycles. The maximum atomic E-state index is 5.26. The van der Waals surface area contributed by atoms with Crippen LogP contribution in [0.25, 0.3) is 28.1 Å². The second kappa shape index (κ2) is 9.14. The van der Waals surface area contributed by atoms with Crippen molar-refractivity contribution in [1.29, 1.82) is 0 Å². The summed E-state index contributed by atoms with van der Waals surface area (Å²) < 4.78 is 12.4. The number of fused-ring (bicyclic) bond motifs is 1. The Morgan fingerprint density at radius 2 is 1.74 bits per heavy atom. The van der Waals surface area contributed by atoms with Crippen LogP contribution in [0.5, 0.6) is 11.9 Å². The molecule has 0 saturated carbocycles. The molecular formula is C25H23N7O2. The molecule has 0 radical (unpaired) electrons. The molecule has 5 rings (SSSR count). The molecule has 0 amide bonds. The lowest BCUT2D eigenvalue weighted by molar-refractivity contribution is 0.353. The van der Waals surface area contributed by atoms with Crippen molar-refractivity contribution in [3.63, 3.8) is 0 Å². The fraction of sp³-hybridized carbons (Fsp3) is 0.160. The van der Waals surface area contributed by atoms with E-state index in [-0.39, 0.29) is 12.1 Å². The van der Waals surface area contributed by atoms with Gasteiger partial charge in [-0.3, -0.25) is 4.57 Å². The zero-order chi connectivity index (χ0) is 23.5. The van der Waals surface area contributed by atoms with Gasteiger partial charge in [0.1, 0.15) is 12.1 Å². The summed E-state index contributed by atoms with van der Waals surface area (Å²) in [5.74, 6) is 1.70. The average Bonchev–Trinajstić information content (AvgIpc) is 3.32. The Bertz CT molecular complexity index is 1410. The molecule has 0 spiro atoms. The summed E-state index contributed by atoms with van der Waals surface area (Å²) in [6, 6.07) is 20.0. The molecule has 1 N–H and O–H groups in total. The zero-order valence-electron chi connectivity index (χ0n) is 19.0. The van der Waals surface area contributed by atoms with Crippen LogP contribution in [0.15, 0.2) is 73.2 Å². The van der Waals surface area contributed by atoms with E-state index in [1.54, 1.807) is 25.7 Å². The Morgan fingerprint density at radius 1 is 0.882 bits per heavy atom. The van der Waals surface area contributed by atoms with Crippen LogP contribution in [0.4, 0.5) is 5.95 Å². The number of nitrogens with zero attached hydrogens (tertiary/aromatic N) is 6. The van der Waals surface area contributed by atoms with Gasteiger partial charge in [0, 0.05) is 17.8 Å². The van der Waals surface area contributed by atoms with Gasteiger partial charge in [-0.1, -0.05) is 36.4 Å². The Kier molecular flexibility index (Phi) is 5.73. The van der Waals surface area contributed by atoms with E-state index < -0.39 is 0 Å². The van der Waals surface area contributed by atoms with Crippen LogP contribution >= 0.6 is 0 Å². The van der Waals surface area contributed by atoms with Gasteiger partial charge in [-0.25, -0.2) is 9.97 Å². The Labute approximate surface area is 196 Å². The molecule has 9 nitrogen and oxygen atoms in total. The third kappa shape index (κ3) is 4.23. The van der Waals surface area contributed by atoms with Crippen molar-refractivity contribution in [3.05, 3.63) is 78.8 Å². The van der Waals surface area contributed by atoms with E-state index in [0.717, 1.165) is 28.0 Å². The SMILES string of the molecule is COc1cc(-c2ccc3c(c2)ncn3-c2ccnc(N[C@@H](C)c3ccccc3)n2)nc(OC)n1. The second-order valence-electron chi connectivity index (χ2n) is 7.62. The van der Waals surface area contributed by atoms with Crippen LogP contribution in [0.2, 0.25) is 0 Å². The number of ether oxygens (including phenoxy) is 2. The lowest BCUT2D eigenvalue weighted by Gasteiger charge is -2.14. The first kappa shape index (κ1) is 21.3. The summed E-state index contributed by atoms with van der Waals surface area (Å²) in [5, 5.41) is 3.37. The van der Waals surface area contributed by atoms with Crippen molar-refractivity contribution < 1.29 is 9.47 Å². The van der Waals surface area contributed by atoms with Crippen LogP contribution in [0, 0.1) is 0 Å². The Hall–Kier alpha value is -4.53. The van der Waals surface area contributed by atoms with Gasteiger partial charge in [-0.2, -0.15) is 15.0 Å². The second-order valence-corrected chi connectivity index (χ2v) is 7.62. The summed E-state index contributed by atoms with van der Waals surface area (Å²) in [4.78, 5) is 22.3. The van der Waals surface area contributed by atoms with Gasteiger partial charge >= 0.3 is 6.01 Å². The fourth-order valence-corrected chi connectivity index (χ4v) is 3.67. The van der Waals surface area contributed by atoms with Crippen LogP contribution in [0.1, 0.15) is 18.5 Å². The minimum absolute atomic E-state index is 0.0698. The summed E-state index contributed by atoms with van der Waals surface area (Å²) >= 11 is 0. The highest BCUT2D eigenvalue weighted by molar-refractivity contribution is 5.82. The van der Waals surface area contributed by atoms with E-state index >= 15 is 0 Å². The molecule has 0 aliphatic carbocycles. The van der Waals surface area contributed by atoms with Crippen molar-refractivity contribution in [1.82, 2.24) is 29.5 Å². The van der Waals surface area contributed by atoms with E-state index in [9.17, 15) is 0 Å². The summed E-state index contributed by atoms with van der Waals surface area (Å²) in [7, 11) is 3.08. The number of hydrogen-bond donors (Lipinski definition) is 1. The van der Waals surface area contributed by atoms with Crippen molar-refractivity contribution in [3.8, 4) is 29.0 Å². The minimum Gasteiger partial charge on any atom is -0.481 e. The maximum Gasteiger partial charge on any atom is 0.320 e. The molecule has 170 valence electrons. The Morgan fingerprint density at radius 3 is 2.53 bits per heavy atom. The smallest absolute Gasteiger partial charge is 0.320 e. The van der Waals surface area contributed by atoms with Gasteiger partial charge in [0.15, 0.2) is 0 Å². The number of hydrogen-bond acceptors (Lipinski definition) is 8. The molecule has 3 aromatic heterocycles. The van der Waals surface area contributed by atoms with E-state index in [0.29, 0.717) is 17.5 Å². The molecule has 5 aromatic rings. The normalized spacial score (nSPS) is 11.9. The number of aromatic nitrogens is 6. The Balaban J connectivity index is 1.45. The van der Waals surface area contributed by atoms with Gasteiger partial charge in [-0.05, 0) is 30.7 Å². The number of methoxy groups -OCH3 is 2. The highest BCUT2D eigenvalue weighted by Crippen LogP contribution is 2.27. The number of imidazole rings is 1. The topological polar surface area (TPSA) is 99.9 Å². The molecule has 0 aliphatic rings. The average molecular weight is 454 g/mol. The zero-order valence-corrected chi connectivity index (χ0v) is 19.0. The lowest BCUT2D eigenvalue weighted by atomic mass is 10.1. The molecule has 0 unspecified atom stereocenters. The molecule has 0 fully saturated rings. The van der Waals surface area contributed by atoms with Crippen LogP contribution in [-0.4, -0.2) is 43.7 Å². The van der Waals surface area contributed by atoms with Crippen LogP contribution in [-0.2, 0) is 0 Å². The predicted molar refractivity (Wildman–Crippen MR) is 129 cm³/mol. The lowest BCUT2D eigenvalue weighted by Crippen LogP contribution is -2.10. The van der Waals surface area contributed by atoms with E-state index in [1.165, 1.54) is 7.11 Å². The van der Waals surface area contributed by atoms with Gasteiger partial charge in [0.05, 0.1) is 37.0 Å². The van der Waals surface area contributed by atoms with E-state index in [4.69, 9.17) is 14.5 Å². The van der Waals surface area contributed by atoms with Crippen molar-refractivity contribution in [2.45, 2.75) is 13.0 Å². The predicted octanol–water partition coefficient (Wildman–Crippen LogP) is 4.46. The highest BCUT2D eigenvalue weighted by atomic mass is 16.5. The molecule has 1 atom stereocenters. The monoisotopic (exact) mass is 453 g/mol. The number of benzene rings is 2.